The van der Waals surface area contributed by atoms with Gasteiger partial charge in [-0.3, -0.25) is 5.73 Å². The highest BCUT2D eigenvalue weighted by Gasteiger charge is 2.46. The molecule has 8 heteroatoms. The van der Waals surface area contributed by atoms with Gasteiger partial charge in [0.25, 0.3) is 0 Å². The lowest BCUT2D eigenvalue weighted by Gasteiger charge is -2.42. The molecular weight excluding hydrogens is 275 g/mol. The first kappa shape index (κ1) is 15.2. The van der Waals surface area contributed by atoms with Crippen LogP contribution in [0.2, 0.25) is 0 Å². The molecule has 7 nitrogen and oxygen atoms in total. The van der Waals surface area contributed by atoms with Crippen molar-refractivity contribution in [2.75, 3.05) is 28.2 Å². The Bertz CT molecular complexity index is 520. The molecule has 1 aliphatic rings. The highest BCUT2D eigenvalue weighted by atomic mass is 31.1. The zero-order valence-corrected chi connectivity index (χ0v) is 13.3. The summed E-state index contributed by atoms with van der Waals surface area (Å²) >= 11 is 0. The summed E-state index contributed by atoms with van der Waals surface area (Å²) in [6.45, 7) is 0. The minimum atomic E-state index is -1.32. The predicted octanol–water partition coefficient (Wildman–Crippen LogP) is 0.245. The Labute approximate surface area is 120 Å². The molecule has 0 radical (unpaired) electrons. The van der Waals surface area contributed by atoms with Crippen molar-refractivity contribution in [1.29, 1.82) is 0 Å². The number of nitrogens with zero attached hydrogens (tertiary/aromatic N) is 5. The molecule has 0 aromatic heterocycles. The Morgan fingerprint density at radius 2 is 1.75 bits per heavy atom. The smallest absolute Gasteiger partial charge is 0.246 e. The van der Waals surface area contributed by atoms with Crippen LogP contribution in [0.25, 0.3) is 0 Å². The summed E-state index contributed by atoms with van der Waals surface area (Å²) < 4.78 is 11.7. The number of hydrogen-bond donors (Lipinski definition) is 1. The maximum absolute atomic E-state index is 11.7. The van der Waals surface area contributed by atoms with E-state index in [1.165, 1.54) is 0 Å². The van der Waals surface area contributed by atoms with E-state index < -0.39 is 14.0 Å². The Kier molecular flexibility index (Phi) is 4.27. The van der Waals surface area contributed by atoms with Crippen molar-refractivity contribution in [2.45, 2.75) is 5.53 Å². The van der Waals surface area contributed by atoms with Gasteiger partial charge in [0, 0.05) is 33.8 Å². The summed E-state index contributed by atoms with van der Waals surface area (Å²) in [6.07, 6.45) is 0. The largest absolute Gasteiger partial charge is 0.324 e. The van der Waals surface area contributed by atoms with Gasteiger partial charge in [-0.2, -0.15) is 5.12 Å². The second kappa shape index (κ2) is 5.63. The van der Waals surface area contributed by atoms with E-state index in [2.05, 4.69) is 4.99 Å². The lowest BCUT2D eigenvalue weighted by molar-refractivity contribution is -0.219. The van der Waals surface area contributed by atoms with Crippen molar-refractivity contribution in [2.24, 2.45) is 10.7 Å². The fourth-order valence-corrected chi connectivity index (χ4v) is 2.80. The van der Waals surface area contributed by atoms with Crippen molar-refractivity contribution in [3.8, 4) is 0 Å². The third kappa shape index (κ3) is 2.51. The van der Waals surface area contributed by atoms with Crippen LogP contribution in [0.5, 0.6) is 0 Å². The number of benzene rings is 1. The minimum Gasteiger partial charge on any atom is -0.324 e. The molecule has 2 unspecified atom stereocenters. The number of amidine groups is 1. The molecule has 0 bridgehead atoms. The first-order valence-corrected chi connectivity index (χ1v) is 7.31. The van der Waals surface area contributed by atoms with E-state index in [0.29, 0.717) is 5.84 Å². The zero-order valence-electron chi connectivity index (χ0n) is 12.2. The average Bonchev–Trinajstić information content (AvgIpc) is 2.74. The third-order valence-corrected chi connectivity index (χ3v) is 3.64. The second-order valence-electron chi connectivity index (χ2n) is 4.98. The van der Waals surface area contributed by atoms with Gasteiger partial charge in [-0.1, -0.05) is 35.4 Å². The third-order valence-electron chi connectivity index (χ3n) is 2.94. The number of hydrazine groups is 3. The molecule has 2 atom stereocenters. The normalized spacial score (nSPS) is 24.4. The standard InChI is InChI=1S/C12H21N6OP/c1-15(2)17-11(10-8-6-5-7-9-10)14-12(13,20-19)18(17)16(3)4/h5-9H,13,20H2,1-4H3. The quantitative estimate of drug-likeness (QED) is 0.803. The number of nitrogens with two attached hydrogens (primary N) is 1. The maximum atomic E-state index is 11.7. The number of aliphatic imine (C=N–C) groups is 1. The van der Waals surface area contributed by atoms with Crippen molar-refractivity contribution < 1.29 is 4.57 Å². The SMILES string of the molecule is CN(C)N1C(c2ccccc2)=NC(N)([PH2]=O)N1N(C)C. The van der Waals surface area contributed by atoms with Crippen LogP contribution >= 0.6 is 8.46 Å². The maximum Gasteiger partial charge on any atom is 0.246 e. The summed E-state index contributed by atoms with van der Waals surface area (Å²) in [5.74, 6) is 0.676. The molecule has 1 aliphatic heterocycles. The lowest BCUT2D eigenvalue weighted by atomic mass is 10.2. The van der Waals surface area contributed by atoms with Gasteiger partial charge in [-0.15, -0.1) is 0 Å². The Hall–Kier alpha value is -1.24. The first-order valence-electron chi connectivity index (χ1n) is 6.26. The highest BCUT2D eigenvalue weighted by molar-refractivity contribution is 7.25. The molecule has 0 saturated heterocycles. The number of hydrogen-bond acceptors (Lipinski definition) is 7. The average molecular weight is 296 g/mol. The fraction of sp³-hybridized carbons (Fsp3) is 0.417. The Morgan fingerprint density at radius 1 is 1.15 bits per heavy atom. The number of rotatable bonds is 4. The van der Waals surface area contributed by atoms with E-state index in [4.69, 9.17) is 5.73 Å². The van der Waals surface area contributed by atoms with Crippen LogP contribution in [0.4, 0.5) is 0 Å². The van der Waals surface area contributed by atoms with Crippen LogP contribution in [0.15, 0.2) is 35.3 Å². The van der Waals surface area contributed by atoms with Crippen LogP contribution in [0.3, 0.4) is 0 Å². The van der Waals surface area contributed by atoms with Crippen LogP contribution < -0.4 is 5.73 Å². The Balaban J connectivity index is 2.54. The molecule has 0 aliphatic carbocycles. The molecule has 0 fully saturated rings. The molecule has 1 heterocycles. The van der Waals surface area contributed by atoms with Crippen molar-refractivity contribution in [3.05, 3.63) is 35.9 Å². The van der Waals surface area contributed by atoms with Crippen molar-refractivity contribution in [3.63, 3.8) is 0 Å². The zero-order chi connectivity index (χ0) is 14.9. The van der Waals surface area contributed by atoms with Gasteiger partial charge < -0.3 is 4.57 Å². The second-order valence-corrected chi connectivity index (χ2v) is 6.06. The molecule has 2 rings (SSSR count). The van der Waals surface area contributed by atoms with Gasteiger partial charge in [0.2, 0.25) is 5.53 Å². The van der Waals surface area contributed by atoms with Crippen LogP contribution in [-0.4, -0.2) is 59.8 Å². The monoisotopic (exact) mass is 296 g/mol. The summed E-state index contributed by atoms with van der Waals surface area (Å²) in [6, 6.07) is 9.72. The summed E-state index contributed by atoms with van der Waals surface area (Å²) in [5.41, 5.74) is 5.90. The molecule has 0 amide bonds. The topological polar surface area (TPSA) is 68.4 Å². The molecule has 1 aromatic carbocycles. The molecule has 1 aromatic rings. The highest BCUT2D eigenvalue weighted by Crippen LogP contribution is 2.34. The summed E-state index contributed by atoms with van der Waals surface area (Å²) in [7, 11) is 6.15. The first-order chi connectivity index (χ1) is 9.40. The van der Waals surface area contributed by atoms with E-state index in [1.807, 2.05) is 68.6 Å². The van der Waals surface area contributed by atoms with Gasteiger partial charge >= 0.3 is 0 Å². The van der Waals surface area contributed by atoms with E-state index >= 15 is 0 Å². The molecule has 2 N–H and O–H groups in total. The molecular formula is C12H21N6OP. The van der Waals surface area contributed by atoms with Crippen LogP contribution in [-0.2, 0) is 4.57 Å². The van der Waals surface area contributed by atoms with E-state index in [9.17, 15) is 4.57 Å². The van der Waals surface area contributed by atoms with Gasteiger partial charge in [-0.05, 0) is 0 Å². The molecule has 20 heavy (non-hydrogen) atoms. The fourth-order valence-electron chi connectivity index (χ4n) is 2.19. The van der Waals surface area contributed by atoms with Gasteiger partial charge in [-0.25, -0.2) is 15.0 Å². The van der Waals surface area contributed by atoms with Crippen LogP contribution in [0, 0.1) is 0 Å². The van der Waals surface area contributed by atoms with E-state index in [0.717, 1.165) is 5.56 Å². The molecule has 110 valence electrons. The Morgan fingerprint density at radius 3 is 2.20 bits per heavy atom. The van der Waals surface area contributed by atoms with Crippen molar-refractivity contribution >= 4 is 14.3 Å². The lowest BCUT2D eigenvalue weighted by Crippen LogP contribution is -2.63. The molecule has 0 spiro atoms. The van der Waals surface area contributed by atoms with E-state index in [-0.39, 0.29) is 0 Å². The van der Waals surface area contributed by atoms with E-state index in [1.54, 1.807) is 10.1 Å². The van der Waals surface area contributed by atoms with Crippen molar-refractivity contribution in [1.82, 2.24) is 20.3 Å². The molecule has 0 saturated carbocycles. The van der Waals surface area contributed by atoms with Gasteiger partial charge in [0.15, 0.2) is 5.84 Å². The summed E-state index contributed by atoms with van der Waals surface area (Å²) in [4.78, 5) is 4.50. The van der Waals surface area contributed by atoms with Crippen LogP contribution in [0.1, 0.15) is 5.56 Å². The van der Waals surface area contributed by atoms with Gasteiger partial charge in [0.05, 0.1) is 0 Å². The predicted molar refractivity (Wildman–Crippen MR) is 81.3 cm³/mol. The van der Waals surface area contributed by atoms with Gasteiger partial charge in [0.1, 0.15) is 8.46 Å². The summed E-state index contributed by atoms with van der Waals surface area (Å²) in [5, 5.41) is 7.15. The minimum absolute atomic E-state index is 0.676.